The van der Waals surface area contributed by atoms with Crippen LogP contribution in [0.25, 0.3) is 21.5 Å². The summed E-state index contributed by atoms with van der Waals surface area (Å²) in [5, 5.41) is 17.9. The van der Waals surface area contributed by atoms with Crippen LogP contribution in [0.5, 0.6) is 5.75 Å². The number of benzene rings is 4. The Morgan fingerprint density at radius 2 is 1.46 bits per heavy atom. The second-order valence-electron chi connectivity index (χ2n) is 5.95. The number of carbonyl (C=O) groups excluding carboxylic acids is 1. The number of carbonyl (C=O) groups is 1. The van der Waals surface area contributed by atoms with E-state index in [0.717, 1.165) is 21.5 Å². The van der Waals surface area contributed by atoms with Gasteiger partial charge in [-0.3, -0.25) is 4.79 Å². The predicted molar refractivity (Wildman–Crippen MR) is 105 cm³/mol. The lowest BCUT2D eigenvalue weighted by atomic mass is 10.0. The van der Waals surface area contributed by atoms with Crippen LogP contribution in [0.15, 0.2) is 84.0 Å². The highest BCUT2D eigenvalue weighted by Gasteiger charge is 2.09. The van der Waals surface area contributed by atoms with E-state index in [9.17, 15) is 9.90 Å². The number of phenols is 1. The number of rotatable bonds is 3. The topological polar surface area (TPSA) is 61.7 Å². The molecule has 0 saturated heterocycles. The van der Waals surface area contributed by atoms with Crippen molar-refractivity contribution < 1.29 is 9.90 Å². The van der Waals surface area contributed by atoms with Crippen molar-refractivity contribution in [1.29, 1.82) is 0 Å². The lowest BCUT2D eigenvalue weighted by Gasteiger charge is -2.06. The summed E-state index contributed by atoms with van der Waals surface area (Å²) in [7, 11) is 0. The highest BCUT2D eigenvalue weighted by atomic mass is 16.3. The molecule has 0 bridgehead atoms. The van der Waals surface area contributed by atoms with E-state index in [0.29, 0.717) is 11.1 Å². The highest BCUT2D eigenvalue weighted by Crippen LogP contribution is 2.25. The highest BCUT2D eigenvalue weighted by molar-refractivity contribution is 6.07. The van der Waals surface area contributed by atoms with E-state index < -0.39 is 0 Å². The van der Waals surface area contributed by atoms with E-state index in [4.69, 9.17) is 0 Å². The van der Waals surface area contributed by atoms with Gasteiger partial charge >= 0.3 is 0 Å². The third kappa shape index (κ3) is 2.89. The minimum absolute atomic E-state index is 0.117. The van der Waals surface area contributed by atoms with Crippen molar-refractivity contribution in [3.63, 3.8) is 0 Å². The molecular weight excluding hydrogens is 324 g/mol. The maximum atomic E-state index is 12.5. The average molecular weight is 340 g/mol. The molecule has 0 spiro atoms. The Kier molecular flexibility index (Phi) is 4.07. The van der Waals surface area contributed by atoms with Crippen molar-refractivity contribution in [2.24, 2.45) is 5.10 Å². The molecule has 0 fully saturated rings. The van der Waals surface area contributed by atoms with E-state index >= 15 is 0 Å². The van der Waals surface area contributed by atoms with Gasteiger partial charge in [0, 0.05) is 11.1 Å². The molecular formula is C22H16N2O2. The summed E-state index contributed by atoms with van der Waals surface area (Å²) in [4.78, 5) is 12.5. The van der Waals surface area contributed by atoms with Gasteiger partial charge in [-0.1, -0.05) is 66.7 Å². The van der Waals surface area contributed by atoms with Crippen LogP contribution in [0.3, 0.4) is 0 Å². The molecule has 0 aromatic heterocycles. The van der Waals surface area contributed by atoms with E-state index in [1.165, 1.54) is 6.21 Å². The van der Waals surface area contributed by atoms with Crippen LogP contribution >= 0.6 is 0 Å². The average Bonchev–Trinajstić information content (AvgIpc) is 2.69. The largest absolute Gasteiger partial charge is 0.507 e. The zero-order chi connectivity index (χ0) is 17.9. The SMILES string of the molecule is O=C(NN=Cc1c(O)ccc2ccccc12)c1cccc2ccccc12. The molecule has 4 aromatic rings. The number of aromatic hydroxyl groups is 1. The minimum atomic E-state index is -0.294. The predicted octanol–water partition coefficient (Wildman–Crippen LogP) is 4.46. The smallest absolute Gasteiger partial charge is 0.271 e. The van der Waals surface area contributed by atoms with Crippen LogP contribution in [0.1, 0.15) is 15.9 Å². The second kappa shape index (κ2) is 6.69. The molecule has 0 aliphatic carbocycles. The first kappa shape index (κ1) is 15.8. The zero-order valence-electron chi connectivity index (χ0n) is 13.9. The van der Waals surface area contributed by atoms with E-state index in [1.807, 2.05) is 66.7 Å². The van der Waals surface area contributed by atoms with Crippen molar-refractivity contribution in [3.8, 4) is 5.75 Å². The normalized spacial score (nSPS) is 11.2. The monoisotopic (exact) mass is 340 g/mol. The molecule has 26 heavy (non-hydrogen) atoms. The quantitative estimate of drug-likeness (QED) is 0.427. The second-order valence-corrected chi connectivity index (χ2v) is 5.95. The number of fused-ring (bicyclic) bond motifs is 2. The molecule has 4 rings (SSSR count). The molecule has 0 aliphatic rings. The zero-order valence-corrected chi connectivity index (χ0v) is 13.9. The number of nitrogens with zero attached hydrogens (tertiary/aromatic N) is 1. The number of hydrazone groups is 1. The number of amides is 1. The summed E-state index contributed by atoms with van der Waals surface area (Å²) >= 11 is 0. The Hall–Kier alpha value is -3.66. The van der Waals surface area contributed by atoms with E-state index in [1.54, 1.807) is 12.1 Å². The van der Waals surface area contributed by atoms with Crippen LogP contribution in [-0.4, -0.2) is 17.2 Å². The Labute approximate surface area is 150 Å². The number of nitrogens with one attached hydrogen (secondary N) is 1. The fourth-order valence-electron chi connectivity index (χ4n) is 3.06. The fourth-order valence-corrected chi connectivity index (χ4v) is 3.06. The van der Waals surface area contributed by atoms with Crippen LogP contribution in [-0.2, 0) is 0 Å². The van der Waals surface area contributed by atoms with Gasteiger partial charge < -0.3 is 5.11 Å². The van der Waals surface area contributed by atoms with Gasteiger partial charge in [-0.25, -0.2) is 5.43 Å². The van der Waals surface area contributed by atoms with Gasteiger partial charge in [0.2, 0.25) is 0 Å². The number of hydrogen-bond donors (Lipinski definition) is 2. The summed E-state index contributed by atoms with van der Waals surface area (Å²) in [6.45, 7) is 0. The summed E-state index contributed by atoms with van der Waals surface area (Å²) in [5.41, 5.74) is 3.68. The Morgan fingerprint density at radius 1 is 0.808 bits per heavy atom. The van der Waals surface area contributed by atoms with Gasteiger partial charge in [0.25, 0.3) is 5.91 Å². The van der Waals surface area contributed by atoms with Crippen molar-refractivity contribution in [1.82, 2.24) is 5.43 Å². The van der Waals surface area contributed by atoms with Crippen molar-refractivity contribution in [3.05, 3.63) is 90.0 Å². The molecule has 4 heteroatoms. The lowest BCUT2D eigenvalue weighted by molar-refractivity contribution is 0.0957. The van der Waals surface area contributed by atoms with Gasteiger partial charge in [0.05, 0.1) is 6.21 Å². The maximum absolute atomic E-state index is 12.5. The molecule has 0 heterocycles. The molecule has 4 nitrogen and oxygen atoms in total. The summed E-state index contributed by atoms with van der Waals surface area (Å²) < 4.78 is 0. The molecule has 126 valence electrons. The Morgan fingerprint density at radius 3 is 2.27 bits per heavy atom. The van der Waals surface area contributed by atoms with Crippen molar-refractivity contribution >= 4 is 33.7 Å². The van der Waals surface area contributed by atoms with Crippen LogP contribution < -0.4 is 5.43 Å². The summed E-state index contributed by atoms with van der Waals surface area (Å²) in [6.07, 6.45) is 1.47. The molecule has 4 aromatic carbocycles. The molecule has 0 unspecified atom stereocenters. The van der Waals surface area contributed by atoms with Crippen LogP contribution in [0, 0.1) is 0 Å². The van der Waals surface area contributed by atoms with E-state index in [-0.39, 0.29) is 11.7 Å². The molecule has 1 amide bonds. The Bertz CT molecular complexity index is 1140. The first-order valence-corrected chi connectivity index (χ1v) is 8.26. The van der Waals surface area contributed by atoms with Gasteiger partial charge in [-0.05, 0) is 33.7 Å². The third-order valence-corrected chi connectivity index (χ3v) is 4.34. The van der Waals surface area contributed by atoms with Crippen LogP contribution in [0.4, 0.5) is 0 Å². The summed E-state index contributed by atoms with van der Waals surface area (Å²) in [6, 6.07) is 24.4. The molecule has 0 saturated carbocycles. The lowest BCUT2D eigenvalue weighted by Crippen LogP contribution is -2.17. The van der Waals surface area contributed by atoms with Crippen molar-refractivity contribution in [2.45, 2.75) is 0 Å². The first-order valence-electron chi connectivity index (χ1n) is 8.26. The van der Waals surface area contributed by atoms with Crippen LogP contribution in [0.2, 0.25) is 0 Å². The Balaban J connectivity index is 1.63. The molecule has 2 N–H and O–H groups in total. The van der Waals surface area contributed by atoms with Gasteiger partial charge in [0.1, 0.15) is 5.75 Å². The number of hydrogen-bond acceptors (Lipinski definition) is 3. The maximum Gasteiger partial charge on any atom is 0.271 e. The molecule has 0 radical (unpaired) electrons. The van der Waals surface area contributed by atoms with Gasteiger partial charge in [0.15, 0.2) is 0 Å². The molecule has 0 aliphatic heterocycles. The first-order chi connectivity index (χ1) is 12.7. The minimum Gasteiger partial charge on any atom is -0.507 e. The van der Waals surface area contributed by atoms with Gasteiger partial charge in [-0.15, -0.1) is 0 Å². The fraction of sp³-hybridized carbons (Fsp3) is 0. The third-order valence-electron chi connectivity index (χ3n) is 4.34. The molecule has 0 atom stereocenters. The van der Waals surface area contributed by atoms with E-state index in [2.05, 4.69) is 10.5 Å². The number of phenolic OH excluding ortho intramolecular Hbond substituents is 1. The van der Waals surface area contributed by atoms with Crippen molar-refractivity contribution in [2.75, 3.05) is 0 Å². The standard InChI is InChI=1S/C22H16N2O2/c25-21-13-12-16-7-2-4-10-18(16)20(21)14-23-24-22(26)19-11-5-8-15-6-1-3-9-17(15)19/h1-14,25H,(H,24,26). The van der Waals surface area contributed by atoms with Gasteiger partial charge in [-0.2, -0.15) is 5.10 Å². The summed E-state index contributed by atoms with van der Waals surface area (Å²) in [5.74, 6) is -0.176.